The van der Waals surface area contributed by atoms with Crippen LogP contribution in [-0.2, 0) is 19.4 Å². The first-order chi connectivity index (χ1) is 12.1. The topological polar surface area (TPSA) is 42.3 Å². The van der Waals surface area contributed by atoms with Gasteiger partial charge in [0.1, 0.15) is 5.56 Å². The summed E-state index contributed by atoms with van der Waals surface area (Å²) in [5.41, 5.74) is 4.31. The number of benzene rings is 2. The molecular formula is C20H15BrN2O2. The number of anilines is 1. The second kappa shape index (κ2) is 5.30. The van der Waals surface area contributed by atoms with Crippen LogP contribution in [0, 0.1) is 0 Å². The van der Waals surface area contributed by atoms with Gasteiger partial charge in [-0.2, -0.15) is 0 Å². The number of hydrogen-bond acceptors (Lipinski definition) is 2. The van der Waals surface area contributed by atoms with Crippen molar-refractivity contribution in [1.29, 1.82) is 0 Å². The molecule has 0 N–H and O–H groups in total. The van der Waals surface area contributed by atoms with Crippen molar-refractivity contribution in [3.63, 3.8) is 0 Å². The Balaban J connectivity index is 1.66. The fourth-order valence-corrected chi connectivity index (χ4v) is 4.44. The Morgan fingerprint density at radius 2 is 1.88 bits per heavy atom. The van der Waals surface area contributed by atoms with Gasteiger partial charge in [-0.15, -0.1) is 0 Å². The molecule has 0 fully saturated rings. The smallest absolute Gasteiger partial charge is 0.263 e. The molecule has 3 heterocycles. The molecule has 0 radical (unpaired) electrons. The average molecular weight is 395 g/mol. The fraction of sp³-hybridized carbons (Fsp3) is 0.200. The van der Waals surface area contributed by atoms with E-state index in [2.05, 4.69) is 26.6 Å². The Kier molecular flexibility index (Phi) is 3.16. The van der Waals surface area contributed by atoms with Crippen molar-refractivity contribution in [2.24, 2.45) is 0 Å². The van der Waals surface area contributed by atoms with Crippen LogP contribution >= 0.6 is 15.9 Å². The minimum absolute atomic E-state index is 0.162. The summed E-state index contributed by atoms with van der Waals surface area (Å²) in [6.45, 7) is 1.43. The Bertz CT molecular complexity index is 1120. The van der Waals surface area contributed by atoms with Gasteiger partial charge in [0.2, 0.25) is 5.43 Å². The largest absolute Gasteiger partial charge is 0.346 e. The zero-order valence-corrected chi connectivity index (χ0v) is 15.0. The molecule has 2 aliphatic heterocycles. The van der Waals surface area contributed by atoms with Crippen LogP contribution in [0.1, 0.15) is 21.5 Å². The molecule has 3 aromatic rings. The molecule has 2 aliphatic rings. The van der Waals surface area contributed by atoms with Crippen LogP contribution in [0.15, 0.2) is 51.9 Å². The number of nitrogens with zero attached hydrogens (tertiary/aromatic N) is 2. The molecule has 0 spiro atoms. The number of aryl methyl sites for hydroxylation is 2. The van der Waals surface area contributed by atoms with Crippen molar-refractivity contribution in [1.82, 2.24) is 4.57 Å². The van der Waals surface area contributed by atoms with Crippen molar-refractivity contribution in [2.45, 2.75) is 19.4 Å². The van der Waals surface area contributed by atoms with Crippen LogP contribution in [0.4, 0.5) is 5.69 Å². The van der Waals surface area contributed by atoms with E-state index in [1.54, 1.807) is 11.1 Å². The third kappa shape index (κ3) is 2.12. The molecule has 0 atom stereocenters. The number of carbonyl (C=O) groups is 1. The van der Waals surface area contributed by atoms with Crippen LogP contribution < -0.4 is 10.3 Å². The molecule has 25 heavy (non-hydrogen) atoms. The number of rotatable bonds is 1. The van der Waals surface area contributed by atoms with Gasteiger partial charge in [-0.05, 0) is 48.2 Å². The predicted octanol–water partition coefficient (Wildman–Crippen LogP) is 3.52. The zero-order chi connectivity index (χ0) is 17.1. The van der Waals surface area contributed by atoms with Gasteiger partial charge in [-0.1, -0.05) is 28.1 Å². The first-order valence-electron chi connectivity index (χ1n) is 8.39. The van der Waals surface area contributed by atoms with E-state index >= 15 is 0 Å². The molecule has 124 valence electrons. The SMILES string of the molecule is O=C(c1cn2c3c(cccc3c1=O)CC2)N1CCc2cc(Br)ccc21. The van der Waals surface area contributed by atoms with Crippen LogP contribution in [-0.4, -0.2) is 17.0 Å². The second-order valence-electron chi connectivity index (χ2n) is 6.61. The summed E-state index contributed by atoms with van der Waals surface area (Å²) >= 11 is 3.47. The third-order valence-corrected chi connectivity index (χ3v) is 5.71. The molecule has 0 saturated carbocycles. The lowest BCUT2D eigenvalue weighted by Crippen LogP contribution is -2.33. The Morgan fingerprint density at radius 1 is 1.04 bits per heavy atom. The van der Waals surface area contributed by atoms with Crippen LogP contribution in [0.2, 0.25) is 0 Å². The summed E-state index contributed by atoms with van der Waals surface area (Å²) in [5.74, 6) is -0.200. The van der Waals surface area contributed by atoms with E-state index in [1.807, 2.05) is 30.3 Å². The van der Waals surface area contributed by atoms with Gasteiger partial charge in [0.05, 0.1) is 5.52 Å². The van der Waals surface area contributed by atoms with Crippen molar-refractivity contribution in [3.8, 4) is 0 Å². The number of pyridine rings is 1. The minimum Gasteiger partial charge on any atom is -0.346 e. The number of halogens is 1. The average Bonchev–Trinajstić information content (AvgIpc) is 3.22. The number of carbonyl (C=O) groups excluding carboxylic acids is 1. The van der Waals surface area contributed by atoms with E-state index < -0.39 is 0 Å². The van der Waals surface area contributed by atoms with Gasteiger partial charge in [0.15, 0.2) is 0 Å². The molecule has 4 nitrogen and oxygen atoms in total. The Morgan fingerprint density at radius 3 is 2.76 bits per heavy atom. The lowest BCUT2D eigenvalue weighted by atomic mass is 10.1. The third-order valence-electron chi connectivity index (χ3n) is 5.22. The standard InChI is InChI=1S/C20H15BrN2O2/c21-14-4-5-17-13(10-14)7-9-23(17)20(25)16-11-22-8-6-12-2-1-3-15(18(12)22)19(16)24/h1-5,10-11H,6-9H2. The quantitative estimate of drug-likeness (QED) is 0.633. The highest BCUT2D eigenvalue weighted by molar-refractivity contribution is 9.10. The maximum atomic E-state index is 13.1. The fourth-order valence-electron chi connectivity index (χ4n) is 4.04. The number of fused-ring (bicyclic) bond motifs is 1. The normalized spacial score (nSPS) is 15.0. The van der Waals surface area contributed by atoms with Gasteiger partial charge in [0.25, 0.3) is 5.91 Å². The second-order valence-corrected chi connectivity index (χ2v) is 7.52. The van der Waals surface area contributed by atoms with Gasteiger partial charge >= 0.3 is 0 Å². The van der Waals surface area contributed by atoms with Crippen molar-refractivity contribution >= 4 is 38.4 Å². The number of amides is 1. The van der Waals surface area contributed by atoms with E-state index in [-0.39, 0.29) is 16.9 Å². The monoisotopic (exact) mass is 394 g/mol. The molecule has 1 aromatic heterocycles. The number of para-hydroxylation sites is 1. The van der Waals surface area contributed by atoms with Gasteiger partial charge in [-0.25, -0.2) is 0 Å². The summed E-state index contributed by atoms with van der Waals surface area (Å²) < 4.78 is 3.06. The highest BCUT2D eigenvalue weighted by atomic mass is 79.9. The Hall–Kier alpha value is -2.40. The van der Waals surface area contributed by atoms with Crippen LogP contribution in [0.5, 0.6) is 0 Å². The predicted molar refractivity (Wildman–Crippen MR) is 101 cm³/mol. The van der Waals surface area contributed by atoms with Gasteiger partial charge in [0, 0.05) is 34.8 Å². The summed E-state index contributed by atoms with van der Waals surface area (Å²) in [4.78, 5) is 27.8. The molecule has 5 heteroatoms. The minimum atomic E-state index is -0.200. The summed E-state index contributed by atoms with van der Waals surface area (Å²) in [6, 6.07) is 11.7. The van der Waals surface area contributed by atoms with Crippen molar-refractivity contribution in [2.75, 3.05) is 11.4 Å². The van der Waals surface area contributed by atoms with Gasteiger partial charge < -0.3 is 9.47 Å². The number of aromatic nitrogens is 1. The van der Waals surface area contributed by atoms with Gasteiger partial charge in [-0.3, -0.25) is 9.59 Å². The van der Waals surface area contributed by atoms with E-state index in [9.17, 15) is 9.59 Å². The molecule has 0 saturated heterocycles. The van der Waals surface area contributed by atoms with E-state index in [0.717, 1.165) is 40.6 Å². The maximum absolute atomic E-state index is 13.1. The number of hydrogen-bond donors (Lipinski definition) is 0. The highest BCUT2D eigenvalue weighted by Crippen LogP contribution is 2.32. The molecule has 0 unspecified atom stereocenters. The molecular weight excluding hydrogens is 380 g/mol. The van der Waals surface area contributed by atoms with E-state index in [0.29, 0.717) is 11.9 Å². The summed E-state index contributed by atoms with van der Waals surface area (Å²) in [5, 5.41) is 0.649. The first kappa shape index (κ1) is 14.9. The first-order valence-corrected chi connectivity index (χ1v) is 9.18. The van der Waals surface area contributed by atoms with E-state index in [4.69, 9.17) is 0 Å². The van der Waals surface area contributed by atoms with Crippen molar-refractivity contribution in [3.05, 3.63) is 74.0 Å². The summed E-state index contributed by atoms with van der Waals surface area (Å²) in [6.07, 6.45) is 3.47. The highest BCUT2D eigenvalue weighted by Gasteiger charge is 2.29. The Labute approximate surface area is 152 Å². The lowest BCUT2D eigenvalue weighted by Gasteiger charge is -2.18. The van der Waals surface area contributed by atoms with Crippen LogP contribution in [0.3, 0.4) is 0 Å². The summed E-state index contributed by atoms with van der Waals surface area (Å²) in [7, 11) is 0. The molecule has 0 bridgehead atoms. The van der Waals surface area contributed by atoms with Crippen LogP contribution in [0.25, 0.3) is 10.9 Å². The molecule has 5 rings (SSSR count). The molecule has 1 amide bonds. The lowest BCUT2D eigenvalue weighted by molar-refractivity contribution is 0.0988. The molecule has 2 aromatic carbocycles. The van der Waals surface area contributed by atoms with E-state index in [1.165, 1.54) is 5.56 Å². The van der Waals surface area contributed by atoms with Crippen molar-refractivity contribution < 1.29 is 4.79 Å². The maximum Gasteiger partial charge on any atom is 0.263 e. The molecule has 0 aliphatic carbocycles. The zero-order valence-electron chi connectivity index (χ0n) is 13.5.